The first-order chi connectivity index (χ1) is 14.3. The molecule has 6 heteroatoms. The molecule has 0 rings (SSSR count). The Balaban J connectivity index is 4.12. The normalized spacial score (nSPS) is 12.2. The number of hydrogen-bond acceptors (Lipinski definition) is 5. The van der Waals surface area contributed by atoms with Gasteiger partial charge in [-0.05, 0) is 47.2 Å². The van der Waals surface area contributed by atoms with Crippen molar-refractivity contribution in [1.82, 2.24) is 10.2 Å². The number of likely N-dealkylation sites (N-methyl/N-ethyl adjacent to an activating group) is 1. The molecule has 0 aliphatic carbocycles. The Morgan fingerprint density at radius 2 is 1.43 bits per heavy atom. The standard InChI is InChI=1S/C24H46N2O4/c1-6-7-8-9-10-11-12-13-14-15-16-22(17-18-23(27)29-21(2)3)30-24(28)25-19-20-26(4)5/h21-22H,2-3,6-20H2,1,4-5H3,(H,25,28). The lowest BCUT2D eigenvalue weighted by Crippen LogP contribution is -2.34. The molecule has 0 spiro atoms. The summed E-state index contributed by atoms with van der Waals surface area (Å²) < 4.78 is 10.5. The quantitative estimate of drug-likeness (QED) is 0.224. The predicted molar refractivity (Wildman–Crippen MR) is 123 cm³/mol. The van der Waals surface area contributed by atoms with Gasteiger partial charge in [0.2, 0.25) is 0 Å². The lowest BCUT2D eigenvalue weighted by Gasteiger charge is -2.19. The highest BCUT2D eigenvalue weighted by Crippen LogP contribution is 2.16. The number of nitrogens with zero attached hydrogens (tertiary/aromatic N) is 1. The van der Waals surface area contributed by atoms with Crippen LogP contribution in [0, 0.1) is 13.8 Å². The van der Waals surface area contributed by atoms with E-state index in [1.165, 1.54) is 51.4 Å². The molecule has 0 heterocycles. The molecular weight excluding hydrogens is 380 g/mol. The second-order valence-electron chi connectivity index (χ2n) is 8.38. The second kappa shape index (κ2) is 19.7. The van der Waals surface area contributed by atoms with Gasteiger partial charge in [-0.2, -0.15) is 0 Å². The summed E-state index contributed by atoms with van der Waals surface area (Å²) in [4.78, 5) is 25.8. The molecule has 0 aromatic heterocycles. The molecule has 0 fully saturated rings. The molecule has 2 radical (unpaired) electrons. The monoisotopic (exact) mass is 426 g/mol. The zero-order valence-electron chi connectivity index (χ0n) is 19.8. The van der Waals surface area contributed by atoms with Crippen LogP contribution in [0.1, 0.15) is 90.4 Å². The molecule has 0 saturated carbocycles. The number of rotatable bonds is 19. The van der Waals surface area contributed by atoms with Crippen molar-refractivity contribution < 1.29 is 19.1 Å². The van der Waals surface area contributed by atoms with Crippen molar-refractivity contribution >= 4 is 12.1 Å². The van der Waals surface area contributed by atoms with Crippen molar-refractivity contribution in [3.8, 4) is 0 Å². The second-order valence-corrected chi connectivity index (χ2v) is 8.38. The van der Waals surface area contributed by atoms with E-state index < -0.39 is 12.2 Å². The third-order valence-electron chi connectivity index (χ3n) is 4.95. The minimum atomic E-state index is -0.617. The van der Waals surface area contributed by atoms with Crippen LogP contribution in [0.25, 0.3) is 0 Å². The van der Waals surface area contributed by atoms with Crippen molar-refractivity contribution in [3.63, 3.8) is 0 Å². The first-order valence-corrected chi connectivity index (χ1v) is 11.8. The van der Waals surface area contributed by atoms with E-state index in [-0.39, 0.29) is 18.5 Å². The first kappa shape index (κ1) is 28.7. The van der Waals surface area contributed by atoms with Gasteiger partial charge < -0.3 is 19.7 Å². The highest BCUT2D eigenvalue weighted by atomic mass is 16.6. The van der Waals surface area contributed by atoms with Gasteiger partial charge in [0, 0.05) is 19.5 Å². The maximum atomic E-state index is 12.1. The van der Waals surface area contributed by atoms with E-state index >= 15 is 0 Å². The number of amides is 1. The number of hydrogen-bond donors (Lipinski definition) is 1. The van der Waals surface area contributed by atoms with Gasteiger partial charge >= 0.3 is 12.1 Å². The van der Waals surface area contributed by atoms with Crippen LogP contribution in [0.3, 0.4) is 0 Å². The number of carbonyl (C=O) groups is 2. The molecule has 0 bridgehead atoms. The molecule has 0 aliphatic heterocycles. The number of ether oxygens (including phenoxy) is 2. The van der Waals surface area contributed by atoms with Crippen LogP contribution in [0.15, 0.2) is 0 Å². The molecule has 176 valence electrons. The summed E-state index contributed by atoms with van der Waals surface area (Å²) in [5.41, 5.74) is 0. The number of nitrogens with one attached hydrogen (secondary N) is 1. The summed E-state index contributed by atoms with van der Waals surface area (Å²) in [6, 6.07) is 0. The summed E-state index contributed by atoms with van der Waals surface area (Å²) in [5, 5.41) is 2.76. The number of esters is 1. The minimum absolute atomic E-state index is 0.203. The van der Waals surface area contributed by atoms with Gasteiger partial charge in [-0.25, -0.2) is 4.79 Å². The lowest BCUT2D eigenvalue weighted by molar-refractivity contribution is -0.146. The third kappa shape index (κ3) is 20.0. The molecule has 0 aromatic carbocycles. The molecule has 30 heavy (non-hydrogen) atoms. The third-order valence-corrected chi connectivity index (χ3v) is 4.95. The molecular formula is C24H46N2O4. The maximum absolute atomic E-state index is 12.1. The largest absolute Gasteiger partial charge is 0.462 e. The van der Waals surface area contributed by atoms with Gasteiger partial charge in [-0.15, -0.1) is 0 Å². The van der Waals surface area contributed by atoms with Crippen molar-refractivity contribution in [2.75, 3.05) is 27.2 Å². The van der Waals surface area contributed by atoms with E-state index in [9.17, 15) is 9.59 Å². The zero-order chi connectivity index (χ0) is 22.6. The minimum Gasteiger partial charge on any atom is -0.462 e. The highest BCUT2D eigenvalue weighted by molar-refractivity contribution is 5.70. The molecule has 1 atom stereocenters. The molecule has 0 saturated heterocycles. The van der Waals surface area contributed by atoms with E-state index in [1.54, 1.807) is 0 Å². The summed E-state index contributed by atoms with van der Waals surface area (Å²) >= 11 is 0. The fourth-order valence-corrected chi connectivity index (χ4v) is 3.22. The fraction of sp³-hybridized carbons (Fsp3) is 0.833. The van der Waals surface area contributed by atoms with Gasteiger partial charge in [0.15, 0.2) is 0 Å². The molecule has 1 unspecified atom stereocenters. The Morgan fingerprint density at radius 3 is 1.97 bits per heavy atom. The van der Waals surface area contributed by atoms with Crippen LogP contribution in [-0.2, 0) is 14.3 Å². The van der Waals surface area contributed by atoms with E-state index in [0.717, 1.165) is 25.8 Å². The van der Waals surface area contributed by atoms with Crippen molar-refractivity contribution in [2.45, 2.75) is 103 Å². The Bertz CT molecular complexity index is 427. The smallest absolute Gasteiger partial charge is 0.407 e. The van der Waals surface area contributed by atoms with E-state index in [2.05, 4.69) is 26.1 Å². The summed E-state index contributed by atoms with van der Waals surface area (Å²) in [5.74, 6) is -0.352. The summed E-state index contributed by atoms with van der Waals surface area (Å²) in [6.07, 6.45) is 12.7. The van der Waals surface area contributed by atoms with Crippen LogP contribution in [0.2, 0.25) is 0 Å². The van der Waals surface area contributed by atoms with Gasteiger partial charge in [0.05, 0.1) is 0 Å². The van der Waals surface area contributed by atoms with E-state index in [0.29, 0.717) is 13.0 Å². The van der Waals surface area contributed by atoms with Crippen LogP contribution >= 0.6 is 0 Å². The molecule has 1 amide bonds. The molecule has 6 nitrogen and oxygen atoms in total. The fourth-order valence-electron chi connectivity index (χ4n) is 3.22. The molecule has 1 N–H and O–H groups in total. The van der Waals surface area contributed by atoms with Gasteiger partial charge in [-0.1, -0.05) is 64.7 Å². The highest BCUT2D eigenvalue weighted by Gasteiger charge is 2.17. The first-order valence-electron chi connectivity index (χ1n) is 11.8. The van der Waals surface area contributed by atoms with Crippen molar-refractivity contribution in [2.24, 2.45) is 0 Å². The number of alkyl carbamates (subject to hydrolysis) is 1. The Kier molecular flexibility index (Phi) is 18.8. The van der Waals surface area contributed by atoms with Crippen LogP contribution in [0.5, 0.6) is 0 Å². The number of unbranched alkanes of at least 4 members (excludes halogenated alkanes) is 9. The van der Waals surface area contributed by atoms with Gasteiger partial charge in [-0.3, -0.25) is 4.79 Å². The average Bonchev–Trinajstić information content (AvgIpc) is 2.66. The number of carbonyl (C=O) groups excluding carboxylic acids is 2. The van der Waals surface area contributed by atoms with Crippen molar-refractivity contribution in [3.05, 3.63) is 13.8 Å². The topological polar surface area (TPSA) is 67.9 Å². The van der Waals surface area contributed by atoms with Crippen LogP contribution < -0.4 is 5.32 Å². The maximum Gasteiger partial charge on any atom is 0.407 e. The molecule has 0 aromatic rings. The van der Waals surface area contributed by atoms with E-state index in [1.807, 2.05) is 19.0 Å². The van der Waals surface area contributed by atoms with Crippen LogP contribution in [-0.4, -0.2) is 56.4 Å². The summed E-state index contributed by atoms with van der Waals surface area (Å²) in [7, 11) is 3.90. The molecule has 0 aliphatic rings. The lowest BCUT2D eigenvalue weighted by atomic mass is 10.0. The Hall–Kier alpha value is -1.30. The van der Waals surface area contributed by atoms with E-state index in [4.69, 9.17) is 9.47 Å². The average molecular weight is 427 g/mol. The summed E-state index contributed by atoms with van der Waals surface area (Å²) in [6.45, 7) is 10.6. The SMILES string of the molecule is [CH2]C([CH2])OC(=O)CCC(CCCCCCCCCCCC)OC(=O)NCCN(C)C. The zero-order valence-corrected chi connectivity index (χ0v) is 19.8. The van der Waals surface area contributed by atoms with Crippen molar-refractivity contribution in [1.29, 1.82) is 0 Å². The van der Waals surface area contributed by atoms with Crippen LogP contribution in [0.4, 0.5) is 4.79 Å². The van der Waals surface area contributed by atoms with Gasteiger partial charge in [0.25, 0.3) is 0 Å². The predicted octanol–water partition coefficient (Wildman–Crippen LogP) is 5.31. The Labute approximate surface area is 185 Å². The Morgan fingerprint density at radius 1 is 0.867 bits per heavy atom. The van der Waals surface area contributed by atoms with Gasteiger partial charge in [0.1, 0.15) is 12.2 Å².